The van der Waals surface area contributed by atoms with Crippen molar-refractivity contribution in [2.45, 2.75) is 53.4 Å². The quantitative estimate of drug-likeness (QED) is 0.565. The van der Waals surface area contributed by atoms with E-state index in [1.54, 1.807) is 7.11 Å². The fourth-order valence-electron chi connectivity index (χ4n) is 3.21. The lowest BCUT2D eigenvalue weighted by atomic mass is 9.92. The summed E-state index contributed by atoms with van der Waals surface area (Å²) in [5, 5.41) is 10.7. The molecule has 0 radical (unpaired) electrons. The lowest BCUT2D eigenvalue weighted by Crippen LogP contribution is -2.04. The van der Waals surface area contributed by atoms with E-state index in [4.69, 9.17) is 4.74 Å². The SMILES string of the molecule is COc1c(CC=C(C)C)c(O)cc(CCc2ccccc2)c1CC=C(C)C. The Kier molecular flexibility index (Phi) is 7.72. The summed E-state index contributed by atoms with van der Waals surface area (Å²) < 4.78 is 5.80. The molecule has 0 aliphatic rings. The molecule has 0 spiro atoms. The van der Waals surface area contributed by atoms with Crippen molar-refractivity contribution in [2.24, 2.45) is 0 Å². The van der Waals surface area contributed by atoms with Gasteiger partial charge in [-0.15, -0.1) is 0 Å². The number of allylic oxidation sites excluding steroid dienone is 4. The maximum absolute atomic E-state index is 10.7. The highest BCUT2D eigenvalue weighted by Crippen LogP contribution is 2.36. The Bertz CT molecular complexity index is 806. The van der Waals surface area contributed by atoms with Crippen molar-refractivity contribution >= 4 is 0 Å². The highest BCUT2D eigenvalue weighted by Gasteiger charge is 2.17. The number of methoxy groups -OCH3 is 1. The van der Waals surface area contributed by atoms with E-state index in [1.807, 2.05) is 12.1 Å². The normalized spacial score (nSPS) is 10.4. The summed E-state index contributed by atoms with van der Waals surface area (Å²) in [7, 11) is 1.70. The predicted molar refractivity (Wildman–Crippen MR) is 115 cm³/mol. The molecule has 0 saturated heterocycles. The number of rotatable bonds is 8. The lowest BCUT2D eigenvalue weighted by molar-refractivity contribution is 0.396. The number of benzene rings is 2. The molecule has 2 heteroatoms. The van der Waals surface area contributed by atoms with Crippen LogP contribution in [0.15, 0.2) is 59.7 Å². The maximum atomic E-state index is 10.7. The van der Waals surface area contributed by atoms with E-state index >= 15 is 0 Å². The van der Waals surface area contributed by atoms with Gasteiger partial charge in [0.25, 0.3) is 0 Å². The molecule has 2 aromatic carbocycles. The van der Waals surface area contributed by atoms with Crippen molar-refractivity contribution in [3.63, 3.8) is 0 Å². The number of phenolic OH excluding ortho intramolecular Hbond substituents is 1. The summed E-state index contributed by atoms with van der Waals surface area (Å²) in [5.41, 5.74) is 7.04. The molecule has 0 saturated carbocycles. The first-order chi connectivity index (χ1) is 12.9. The minimum Gasteiger partial charge on any atom is -0.508 e. The molecule has 144 valence electrons. The van der Waals surface area contributed by atoms with E-state index in [0.717, 1.165) is 36.1 Å². The van der Waals surface area contributed by atoms with Gasteiger partial charge in [0.05, 0.1) is 7.11 Å². The second-order valence-corrected chi connectivity index (χ2v) is 7.50. The minimum atomic E-state index is 0.327. The Labute approximate surface area is 164 Å². The zero-order valence-corrected chi connectivity index (χ0v) is 17.3. The molecule has 0 bridgehead atoms. The molecule has 1 N–H and O–H groups in total. The van der Waals surface area contributed by atoms with Crippen molar-refractivity contribution in [3.05, 3.63) is 82.0 Å². The van der Waals surface area contributed by atoms with Crippen molar-refractivity contribution in [3.8, 4) is 11.5 Å². The van der Waals surface area contributed by atoms with Crippen LogP contribution in [0.2, 0.25) is 0 Å². The third kappa shape index (κ3) is 6.02. The lowest BCUT2D eigenvalue weighted by Gasteiger charge is -2.18. The smallest absolute Gasteiger partial charge is 0.129 e. The summed E-state index contributed by atoms with van der Waals surface area (Å²) in [5.74, 6) is 1.15. The molecule has 0 unspecified atom stereocenters. The Morgan fingerprint density at radius 2 is 1.48 bits per heavy atom. The van der Waals surface area contributed by atoms with E-state index in [9.17, 15) is 5.11 Å². The molecule has 0 heterocycles. The van der Waals surface area contributed by atoms with Crippen molar-refractivity contribution in [2.75, 3.05) is 7.11 Å². The number of ether oxygens (including phenoxy) is 1. The van der Waals surface area contributed by atoms with E-state index in [-0.39, 0.29) is 0 Å². The summed E-state index contributed by atoms with van der Waals surface area (Å²) in [6.07, 6.45) is 7.68. The van der Waals surface area contributed by atoms with Gasteiger partial charge in [-0.1, -0.05) is 53.6 Å². The van der Waals surface area contributed by atoms with Crippen LogP contribution < -0.4 is 4.74 Å². The van der Waals surface area contributed by atoms with Crippen LogP contribution in [0.4, 0.5) is 0 Å². The molecule has 2 rings (SSSR count). The van der Waals surface area contributed by atoms with Gasteiger partial charge in [0.15, 0.2) is 0 Å². The molecular weight excluding hydrogens is 332 g/mol. The van der Waals surface area contributed by atoms with E-state index < -0.39 is 0 Å². The minimum absolute atomic E-state index is 0.327. The largest absolute Gasteiger partial charge is 0.508 e. The second kappa shape index (κ2) is 10.0. The fourth-order valence-corrected chi connectivity index (χ4v) is 3.21. The molecule has 0 amide bonds. The highest BCUT2D eigenvalue weighted by atomic mass is 16.5. The van der Waals surface area contributed by atoms with Gasteiger partial charge in [0.2, 0.25) is 0 Å². The first-order valence-electron chi connectivity index (χ1n) is 9.63. The van der Waals surface area contributed by atoms with Crippen LogP contribution in [-0.2, 0) is 25.7 Å². The van der Waals surface area contributed by atoms with Gasteiger partial charge in [0.1, 0.15) is 11.5 Å². The Morgan fingerprint density at radius 3 is 2.04 bits per heavy atom. The number of phenols is 1. The van der Waals surface area contributed by atoms with Gasteiger partial charge in [-0.05, 0) is 70.6 Å². The molecule has 2 nitrogen and oxygen atoms in total. The molecular formula is C25H32O2. The summed E-state index contributed by atoms with van der Waals surface area (Å²) in [6.45, 7) is 8.37. The van der Waals surface area contributed by atoms with Gasteiger partial charge in [-0.25, -0.2) is 0 Å². The number of hydrogen-bond donors (Lipinski definition) is 1. The predicted octanol–water partition coefficient (Wildman–Crippen LogP) is 6.20. The molecule has 0 aromatic heterocycles. The van der Waals surface area contributed by atoms with Crippen LogP contribution in [0, 0.1) is 0 Å². The number of aryl methyl sites for hydroxylation is 2. The Balaban J connectivity index is 2.45. The van der Waals surface area contributed by atoms with Gasteiger partial charge in [0, 0.05) is 11.1 Å². The maximum Gasteiger partial charge on any atom is 0.129 e. The van der Waals surface area contributed by atoms with Crippen molar-refractivity contribution in [1.82, 2.24) is 0 Å². The zero-order valence-electron chi connectivity index (χ0n) is 17.3. The first-order valence-corrected chi connectivity index (χ1v) is 9.63. The van der Waals surface area contributed by atoms with Crippen LogP contribution in [-0.4, -0.2) is 12.2 Å². The average molecular weight is 365 g/mol. The van der Waals surface area contributed by atoms with E-state index in [1.165, 1.54) is 22.3 Å². The van der Waals surface area contributed by atoms with Crippen LogP contribution in [0.5, 0.6) is 11.5 Å². The molecule has 0 aliphatic carbocycles. The molecule has 2 aromatic rings. The molecule has 0 atom stereocenters. The van der Waals surface area contributed by atoms with Gasteiger partial charge in [-0.2, -0.15) is 0 Å². The average Bonchev–Trinajstić information content (AvgIpc) is 2.64. The zero-order chi connectivity index (χ0) is 19.8. The van der Waals surface area contributed by atoms with E-state index in [0.29, 0.717) is 12.2 Å². The number of aromatic hydroxyl groups is 1. The first kappa shape index (κ1) is 20.8. The number of hydrogen-bond acceptors (Lipinski definition) is 2. The third-order valence-corrected chi connectivity index (χ3v) is 4.71. The molecule has 27 heavy (non-hydrogen) atoms. The third-order valence-electron chi connectivity index (χ3n) is 4.71. The summed E-state index contributed by atoms with van der Waals surface area (Å²) >= 11 is 0. The molecule has 0 fully saturated rings. The second-order valence-electron chi connectivity index (χ2n) is 7.50. The van der Waals surface area contributed by atoms with Crippen LogP contribution in [0.3, 0.4) is 0 Å². The standard InChI is InChI=1S/C25H32O2/c1-18(2)11-15-22-21(14-13-20-9-7-6-8-10-20)17-24(26)23(25(22)27-5)16-12-19(3)4/h6-12,17,26H,13-16H2,1-5H3. The topological polar surface area (TPSA) is 29.5 Å². The van der Waals surface area contributed by atoms with Crippen LogP contribution in [0.25, 0.3) is 0 Å². The Hall–Kier alpha value is -2.48. The fraction of sp³-hybridized carbons (Fsp3) is 0.360. The highest BCUT2D eigenvalue weighted by molar-refractivity contribution is 5.55. The Morgan fingerprint density at radius 1 is 0.889 bits per heavy atom. The van der Waals surface area contributed by atoms with Gasteiger partial charge >= 0.3 is 0 Å². The van der Waals surface area contributed by atoms with E-state index in [2.05, 4.69) is 64.1 Å². The van der Waals surface area contributed by atoms with Crippen LogP contribution in [0.1, 0.15) is 49.9 Å². The van der Waals surface area contributed by atoms with Crippen LogP contribution >= 0.6 is 0 Å². The van der Waals surface area contributed by atoms with Crippen molar-refractivity contribution in [1.29, 1.82) is 0 Å². The van der Waals surface area contributed by atoms with Gasteiger partial charge in [-0.3, -0.25) is 0 Å². The summed E-state index contributed by atoms with van der Waals surface area (Å²) in [4.78, 5) is 0. The summed E-state index contributed by atoms with van der Waals surface area (Å²) in [6, 6.07) is 12.4. The molecule has 0 aliphatic heterocycles. The monoisotopic (exact) mass is 364 g/mol. The van der Waals surface area contributed by atoms with Gasteiger partial charge < -0.3 is 9.84 Å². The van der Waals surface area contributed by atoms with Crippen molar-refractivity contribution < 1.29 is 9.84 Å².